The van der Waals surface area contributed by atoms with Crippen molar-refractivity contribution in [2.24, 2.45) is 0 Å². The molecular formula is C6H8ClNSi. The molecule has 0 fully saturated rings. The average Bonchev–Trinajstić information content (AvgIpc) is 1.80. The minimum Gasteiger partial charge on any atom is -0.398 e. The van der Waals surface area contributed by atoms with Crippen molar-refractivity contribution >= 4 is 32.7 Å². The fourth-order valence-electron chi connectivity index (χ4n) is 0.663. The fraction of sp³-hybridized carbons (Fsp3) is 0. The zero-order chi connectivity index (χ0) is 6.85. The highest BCUT2D eigenvalue weighted by molar-refractivity contribution is 6.36. The molecule has 0 saturated carbocycles. The molecule has 2 N–H and O–H groups in total. The lowest BCUT2D eigenvalue weighted by Gasteiger charge is -1.96. The summed E-state index contributed by atoms with van der Waals surface area (Å²) in [5.74, 6) is 0. The third kappa shape index (κ3) is 1.47. The fourth-order valence-corrected chi connectivity index (χ4v) is 1.26. The third-order valence-electron chi connectivity index (χ3n) is 1.15. The van der Waals surface area contributed by atoms with Crippen LogP contribution in [-0.4, -0.2) is 10.2 Å². The lowest BCUT2D eigenvalue weighted by molar-refractivity contribution is 1.73. The SMILES string of the molecule is Nc1cc([SiH3])ccc1Cl. The molecule has 0 spiro atoms. The van der Waals surface area contributed by atoms with Gasteiger partial charge in [-0.3, -0.25) is 0 Å². The van der Waals surface area contributed by atoms with Gasteiger partial charge in [0, 0.05) is 10.2 Å². The van der Waals surface area contributed by atoms with Crippen LogP contribution in [0, 0.1) is 0 Å². The lowest BCUT2D eigenvalue weighted by atomic mass is 10.3. The van der Waals surface area contributed by atoms with Crippen molar-refractivity contribution in [3.05, 3.63) is 23.2 Å². The molecule has 1 aromatic rings. The summed E-state index contributed by atoms with van der Waals surface area (Å²) in [5.41, 5.74) is 6.20. The molecule has 0 aromatic heterocycles. The van der Waals surface area contributed by atoms with E-state index < -0.39 is 0 Å². The zero-order valence-electron chi connectivity index (χ0n) is 5.19. The Balaban J connectivity index is 3.17. The predicted molar refractivity (Wildman–Crippen MR) is 45.4 cm³/mol. The van der Waals surface area contributed by atoms with Gasteiger partial charge in [0.2, 0.25) is 0 Å². The van der Waals surface area contributed by atoms with Crippen LogP contribution in [0.5, 0.6) is 0 Å². The number of nitrogen functional groups attached to an aromatic ring is 1. The molecule has 0 saturated heterocycles. The Bertz CT molecular complexity index is 224. The van der Waals surface area contributed by atoms with Crippen LogP contribution >= 0.6 is 11.6 Å². The van der Waals surface area contributed by atoms with Gasteiger partial charge in [0.15, 0.2) is 0 Å². The van der Waals surface area contributed by atoms with Crippen LogP contribution in [0.1, 0.15) is 0 Å². The first-order chi connectivity index (χ1) is 4.20. The van der Waals surface area contributed by atoms with Crippen molar-refractivity contribution in [1.29, 1.82) is 0 Å². The first-order valence-electron chi connectivity index (χ1n) is 2.72. The van der Waals surface area contributed by atoms with Gasteiger partial charge in [-0.25, -0.2) is 0 Å². The molecule has 0 atom stereocenters. The maximum atomic E-state index is 5.67. The van der Waals surface area contributed by atoms with E-state index in [0.29, 0.717) is 10.7 Å². The van der Waals surface area contributed by atoms with Crippen molar-refractivity contribution < 1.29 is 0 Å². The Kier molecular flexibility index (Phi) is 1.78. The van der Waals surface area contributed by atoms with Crippen LogP contribution in [0.4, 0.5) is 5.69 Å². The lowest BCUT2D eigenvalue weighted by Crippen LogP contribution is -2.02. The van der Waals surface area contributed by atoms with Crippen LogP contribution in [0.2, 0.25) is 5.02 Å². The molecule has 0 heterocycles. The molecule has 0 aliphatic carbocycles. The number of anilines is 1. The van der Waals surface area contributed by atoms with Crippen LogP contribution in [-0.2, 0) is 0 Å². The quantitative estimate of drug-likeness (QED) is 0.414. The molecule has 0 bridgehead atoms. The van der Waals surface area contributed by atoms with Crippen LogP contribution in [0.15, 0.2) is 18.2 Å². The first-order valence-corrected chi connectivity index (χ1v) is 4.09. The van der Waals surface area contributed by atoms with E-state index in [1.807, 2.05) is 18.2 Å². The zero-order valence-corrected chi connectivity index (χ0v) is 7.94. The van der Waals surface area contributed by atoms with Crippen molar-refractivity contribution in [1.82, 2.24) is 0 Å². The van der Waals surface area contributed by atoms with Crippen LogP contribution in [0.25, 0.3) is 0 Å². The maximum absolute atomic E-state index is 5.67. The standard InChI is InChI=1S/C6H8ClNSi/c7-5-2-1-4(9)3-6(5)8/h1-3H,8H2,9H3. The summed E-state index contributed by atoms with van der Waals surface area (Å²) in [6.07, 6.45) is 0. The highest BCUT2D eigenvalue weighted by Crippen LogP contribution is 2.14. The summed E-state index contributed by atoms with van der Waals surface area (Å²) < 4.78 is 0. The van der Waals surface area contributed by atoms with Gasteiger partial charge in [-0.15, -0.1) is 0 Å². The second-order valence-corrected chi connectivity index (χ2v) is 3.59. The van der Waals surface area contributed by atoms with Crippen LogP contribution < -0.4 is 10.9 Å². The highest BCUT2D eigenvalue weighted by Gasteiger charge is 1.91. The van der Waals surface area contributed by atoms with E-state index in [2.05, 4.69) is 0 Å². The van der Waals surface area contributed by atoms with E-state index in [-0.39, 0.29) is 0 Å². The molecule has 9 heavy (non-hydrogen) atoms. The number of hydrogen-bond donors (Lipinski definition) is 1. The minimum absolute atomic E-state index is 0.648. The van der Waals surface area contributed by atoms with E-state index in [1.165, 1.54) is 5.19 Å². The van der Waals surface area contributed by atoms with Gasteiger partial charge in [0.05, 0.1) is 10.7 Å². The van der Waals surface area contributed by atoms with Crippen LogP contribution in [0.3, 0.4) is 0 Å². The van der Waals surface area contributed by atoms with E-state index in [0.717, 1.165) is 10.2 Å². The maximum Gasteiger partial charge on any atom is 0.0635 e. The van der Waals surface area contributed by atoms with E-state index in [1.54, 1.807) is 0 Å². The Morgan fingerprint density at radius 2 is 2.11 bits per heavy atom. The van der Waals surface area contributed by atoms with Gasteiger partial charge in [-0.1, -0.05) is 22.9 Å². The third-order valence-corrected chi connectivity index (χ3v) is 2.12. The van der Waals surface area contributed by atoms with Crippen molar-refractivity contribution in [2.75, 3.05) is 5.73 Å². The molecule has 0 radical (unpaired) electrons. The minimum atomic E-state index is 0.648. The molecule has 1 nitrogen and oxygen atoms in total. The molecule has 1 rings (SSSR count). The molecule has 0 amide bonds. The van der Waals surface area contributed by atoms with Crippen molar-refractivity contribution in [3.8, 4) is 0 Å². The molecule has 48 valence electrons. The Labute approximate surface area is 62.2 Å². The number of rotatable bonds is 0. The number of benzene rings is 1. The summed E-state index contributed by atoms with van der Waals surface area (Å²) >= 11 is 5.67. The van der Waals surface area contributed by atoms with E-state index >= 15 is 0 Å². The Hall–Kier alpha value is -0.473. The van der Waals surface area contributed by atoms with Gasteiger partial charge in [0.1, 0.15) is 0 Å². The van der Waals surface area contributed by atoms with Gasteiger partial charge in [-0.2, -0.15) is 0 Å². The summed E-state index contributed by atoms with van der Waals surface area (Å²) in [6.45, 7) is 0. The first kappa shape index (κ1) is 6.64. The average molecular weight is 158 g/mol. The molecule has 0 aliphatic heterocycles. The van der Waals surface area contributed by atoms with Crippen molar-refractivity contribution in [3.63, 3.8) is 0 Å². The second kappa shape index (κ2) is 2.41. The monoisotopic (exact) mass is 157 g/mol. The molecular weight excluding hydrogens is 150 g/mol. The Morgan fingerprint density at radius 1 is 1.44 bits per heavy atom. The smallest absolute Gasteiger partial charge is 0.0635 e. The summed E-state index contributed by atoms with van der Waals surface area (Å²) in [6, 6.07) is 5.73. The molecule has 0 unspecified atom stereocenters. The number of nitrogens with two attached hydrogens (primary N) is 1. The molecule has 0 aliphatic rings. The largest absolute Gasteiger partial charge is 0.398 e. The summed E-state index contributed by atoms with van der Waals surface area (Å²) in [4.78, 5) is 0. The van der Waals surface area contributed by atoms with Gasteiger partial charge < -0.3 is 5.73 Å². The van der Waals surface area contributed by atoms with Gasteiger partial charge in [-0.05, 0) is 12.1 Å². The van der Waals surface area contributed by atoms with E-state index in [9.17, 15) is 0 Å². The highest BCUT2D eigenvalue weighted by atomic mass is 35.5. The Morgan fingerprint density at radius 3 is 2.56 bits per heavy atom. The number of hydrogen-bond acceptors (Lipinski definition) is 1. The van der Waals surface area contributed by atoms with Gasteiger partial charge in [0.25, 0.3) is 0 Å². The van der Waals surface area contributed by atoms with E-state index in [4.69, 9.17) is 17.3 Å². The normalized spacial score (nSPS) is 9.89. The molecule has 1 aromatic carbocycles. The molecule has 3 heteroatoms. The summed E-state index contributed by atoms with van der Waals surface area (Å²) in [7, 11) is 1.03. The second-order valence-electron chi connectivity index (χ2n) is 2.02. The van der Waals surface area contributed by atoms with Crippen molar-refractivity contribution in [2.45, 2.75) is 0 Å². The topological polar surface area (TPSA) is 26.0 Å². The summed E-state index contributed by atoms with van der Waals surface area (Å²) in [5, 5.41) is 1.92. The predicted octanol–water partition coefficient (Wildman–Crippen LogP) is -0.0871. The van der Waals surface area contributed by atoms with Gasteiger partial charge >= 0.3 is 0 Å². The number of halogens is 1.